The lowest BCUT2D eigenvalue weighted by atomic mass is 10.1. The number of nitrogens with one attached hydrogen (secondary N) is 2. The molecule has 0 saturated carbocycles. The number of aromatic amines is 1. The van der Waals surface area contributed by atoms with Crippen molar-refractivity contribution in [2.24, 2.45) is 7.05 Å². The first-order valence-corrected chi connectivity index (χ1v) is 8.60. The summed E-state index contributed by atoms with van der Waals surface area (Å²) in [5, 5.41) is 11.9. The van der Waals surface area contributed by atoms with Gasteiger partial charge in [0.25, 0.3) is 0 Å². The summed E-state index contributed by atoms with van der Waals surface area (Å²) in [5.41, 5.74) is -0.544. The molecule has 3 rings (SSSR count). The zero-order valence-electron chi connectivity index (χ0n) is 15.5. The number of halogens is 3. The normalized spacial score (nSPS) is 10.8. The number of hydrogen-bond acceptors (Lipinski definition) is 5. The number of rotatable bonds is 5. The Labute approximate surface area is 168 Å². The van der Waals surface area contributed by atoms with Crippen molar-refractivity contribution in [3.8, 4) is 11.3 Å². The highest BCUT2D eigenvalue weighted by atomic mass is 35.5. The molecular formula is C18H16ClF2N5O3. The van der Waals surface area contributed by atoms with Crippen LogP contribution in [0.25, 0.3) is 11.3 Å². The molecule has 1 aromatic carbocycles. The third-order valence-corrected chi connectivity index (χ3v) is 4.48. The van der Waals surface area contributed by atoms with Gasteiger partial charge in [0.2, 0.25) is 5.95 Å². The number of carbonyl (C=O) groups is 1. The summed E-state index contributed by atoms with van der Waals surface area (Å²) in [7, 11) is 4.43. The van der Waals surface area contributed by atoms with Gasteiger partial charge in [0, 0.05) is 26.8 Å². The average Bonchev–Trinajstić information content (AvgIpc) is 2.90. The molecule has 0 unspecified atom stereocenters. The second kappa shape index (κ2) is 7.55. The van der Waals surface area contributed by atoms with E-state index in [1.807, 2.05) is 0 Å². The smallest absolute Gasteiger partial charge is 0.337 e. The molecule has 2 aromatic heterocycles. The molecule has 0 aliphatic heterocycles. The van der Waals surface area contributed by atoms with E-state index in [9.17, 15) is 18.4 Å². The molecule has 0 bridgehead atoms. The van der Waals surface area contributed by atoms with Gasteiger partial charge >= 0.3 is 11.7 Å². The number of hydrogen-bond donors (Lipinski definition) is 3. The minimum Gasteiger partial charge on any atom is -0.478 e. The zero-order valence-corrected chi connectivity index (χ0v) is 16.3. The van der Waals surface area contributed by atoms with Gasteiger partial charge in [-0.15, -0.1) is 0 Å². The standard InChI is InChI=1S/C18H16ClF2N5O3/c1-25(2)16-12(20)7-10(14(21)23-16)13-15(24-18(29)26(13)3)22-8-4-5-9(17(27)28)11(19)6-8/h4-7,22H,1-3H3,(H,24,29)(H,27,28). The van der Waals surface area contributed by atoms with Crippen molar-refractivity contribution < 1.29 is 18.7 Å². The number of anilines is 3. The quantitative estimate of drug-likeness (QED) is 0.544. The number of imidazole rings is 1. The highest BCUT2D eigenvalue weighted by molar-refractivity contribution is 6.33. The van der Waals surface area contributed by atoms with Crippen LogP contribution in [-0.4, -0.2) is 39.7 Å². The first-order chi connectivity index (χ1) is 13.6. The predicted molar refractivity (Wildman–Crippen MR) is 105 cm³/mol. The molecule has 8 nitrogen and oxygen atoms in total. The Morgan fingerprint density at radius 3 is 2.59 bits per heavy atom. The van der Waals surface area contributed by atoms with Gasteiger partial charge in [0.1, 0.15) is 5.82 Å². The molecule has 29 heavy (non-hydrogen) atoms. The topological polar surface area (TPSA) is 103 Å². The van der Waals surface area contributed by atoms with Crippen LogP contribution in [0.15, 0.2) is 29.1 Å². The molecule has 3 aromatic rings. The van der Waals surface area contributed by atoms with Crippen LogP contribution in [0.5, 0.6) is 0 Å². The van der Waals surface area contributed by atoms with E-state index in [2.05, 4.69) is 15.3 Å². The molecule has 11 heteroatoms. The van der Waals surface area contributed by atoms with Crippen LogP contribution in [0, 0.1) is 11.8 Å². The molecule has 152 valence electrons. The molecular weight excluding hydrogens is 408 g/mol. The minimum atomic E-state index is -1.19. The lowest BCUT2D eigenvalue weighted by Crippen LogP contribution is -2.15. The summed E-state index contributed by atoms with van der Waals surface area (Å²) in [6.07, 6.45) is 0. The number of H-pyrrole nitrogens is 1. The molecule has 2 heterocycles. The van der Waals surface area contributed by atoms with Crippen molar-refractivity contribution in [1.29, 1.82) is 0 Å². The van der Waals surface area contributed by atoms with Gasteiger partial charge in [0.05, 0.1) is 21.8 Å². The summed E-state index contributed by atoms with van der Waals surface area (Å²) < 4.78 is 30.1. The molecule has 0 aliphatic carbocycles. The summed E-state index contributed by atoms with van der Waals surface area (Å²) in [6, 6.07) is 4.99. The van der Waals surface area contributed by atoms with Crippen LogP contribution in [0.4, 0.5) is 26.1 Å². The third kappa shape index (κ3) is 3.79. The van der Waals surface area contributed by atoms with Gasteiger partial charge in [-0.2, -0.15) is 9.37 Å². The van der Waals surface area contributed by atoms with Crippen LogP contribution in [-0.2, 0) is 7.05 Å². The molecule has 0 atom stereocenters. The molecule has 0 fully saturated rings. The van der Waals surface area contributed by atoms with E-state index < -0.39 is 23.4 Å². The van der Waals surface area contributed by atoms with Gasteiger partial charge in [-0.05, 0) is 24.3 Å². The van der Waals surface area contributed by atoms with Crippen LogP contribution in [0.3, 0.4) is 0 Å². The second-order valence-corrected chi connectivity index (χ2v) is 6.77. The molecule has 3 N–H and O–H groups in total. The Morgan fingerprint density at radius 2 is 2.00 bits per heavy atom. The fourth-order valence-electron chi connectivity index (χ4n) is 2.77. The number of carboxylic acids is 1. The van der Waals surface area contributed by atoms with Crippen molar-refractivity contribution in [2.75, 3.05) is 24.3 Å². The Bertz CT molecular complexity index is 1170. The van der Waals surface area contributed by atoms with E-state index in [-0.39, 0.29) is 33.5 Å². The highest BCUT2D eigenvalue weighted by Gasteiger charge is 2.22. The van der Waals surface area contributed by atoms with E-state index in [1.165, 1.54) is 44.2 Å². The van der Waals surface area contributed by atoms with E-state index in [1.54, 1.807) is 0 Å². The third-order valence-electron chi connectivity index (χ3n) is 4.17. The molecule has 0 amide bonds. The predicted octanol–water partition coefficient (Wildman–Crippen LogP) is 3.21. The maximum Gasteiger partial charge on any atom is 0.337 e. The Balaban J connectivity index is 2.10. The maximum absolute atomic E-state index is 14.6. The Morgan fingerprint density at radius 1 is 1.31 bits per heavy atom. The summed E-state index contributed by atoms with van der Waals surface area (Å²) in [4.78, 5) is 30.7. The minimum absolute atomic E-state index is 0.0302. The van der Waals surface area contributed by atoms with Gasteiger partial charge in [0.15, 0.2) is 11.6 Å². The van der Waals surface area contributed by atoms with Crippen molar-refractivity contribution in [3.05, 3.63) is 57.1 Å². The first-order valence-electron chi connectivity index (χ1n) is 8.22. The Kier molecular flexibility index (Phi) is 5.29. The van der Waals surface area contributed by atoms with E-state index in [4.69, 9.17) is 16.7 Å². The van der Waals surface area contributed by atoms with Gasteiger partial charge in [-0.3, -0.25) is 9.55 Å². The molecule has 0 radical (unpaired) electrons. The van der Waals surface area contributed by atoms with E-state index >= 15 is 0 Å². The molecule has 0 saturated heterocycles. The van der Waals surface area contributed by atoms with Crippen molar-refractivity contribution in [3.63, 3.8) is 0 Å². The lowest BCUT2D eigenvalue weighted by Gasteiger charge is -2.15. The van der Waals surface area contributed by atoms with Crippen LogP contribution < -0.4 is 15.9 Å². The summed E-state index contributed by atoms with van der Waals surface area (Å²) in [5.74, 6) is -3.04. The Hall–Kier alpha value is -3.40. The molecule has 0 aliphatic rings. The number of pyridine rings is 1. The number of nitrogens with zero attached hydrogens (tertiary/aromatic N) is 3. The van der Waals surface area contributed by atoms with Crippen molar-refractivity contribution in [1.82, 2.24) is 14.5 Å². The average molecular weight is 424 g/mol. The summed E-state index contributed by atoms with van der Waals surface area (Å²) >= 11 is 5.95. The summed E-state index contributed by atoms with van der Waals surface area (Å²) in [6.45, 7) is 0. The van der Waals surface area contributed by atoms with Crippen LogP contribution in [0.2, 0.25) is 5.02 Å². The fraction of sp³-hybridized carbons (Fsp3) is 0.167. The number of aromatic nitrogens is 3. The van der Waals surface area contributed by atoms with E-state index in [0.29, 0.717) is 5.69 Å². The number of carboxylic acid groups (broad SMARTS) is 1. The molecule has 0 spiro atoms. The van der Waals surface area contributed by atoms with Crippen LogP contribution >= 0.6 is 11.6 Å². The van der Waals surface area contributed by atoms with Crippen molar-refractivity contribution in [2.45, 2.75) is 0 Å². The largest absolute Gasteiger partial charge is 0.478 e. The highest BCUT2D eigenvalue weighted by Crippen LogP contribution is 2.32. The lowest BCUT2D eigenvalue weighted by molar-refractivity contribution is 0.0697. The van der Waals surface area contributed by atoms with Gasteiger partial charge in [-0.1, -0.05) is 11.6 Å². The fourth-order valence-corrected chi connectivity index (χ4v) is 3.03. The van der Waals surface area contributed by atoms with E-state index in [0.717, 1.165) is 10.6 Å². The maximum atomic E-state index is 14.6. The number of aromatic carboxylic acids is 1. The van der Waals surface area contributed by atoms with Gasteiger partial charge in [-0.25, -0.2) is 14.0 Å². The monoisotopic (exact) mass is 423 g/mol. The van der Waals surface area contributed by atoms with Gasteiger partial charge < -0.3 is 15.3 Å². The number of benzene rings is 1. The second-order valence-electron chi connectivity index (χ2n) is 6.36. The zero-order chi connectivity index (χ0) is 21.5. The van der Waals surface area contributed by atoms with Crippen molar-refractivity contribution >= 4 is 34.9 Å². The first kappa shape index (κ1) is 20.3. The van der Waals surface area contributed by atoms with Crippen LogP contribution in [0.1, 0.15) is 10.4 Å². The SMILES string of the molecule is CN(C)c1nc(F)c(-c2c(Nc3ccc(C(=O)O)c(Cl)c3)[nH]c(=O)n2C)cc1F.